The van der Waals surface area contributed by atoms with Gasteiger partial charge in [-0.05, 0) is 30.3 Å². The topological polar surface area (TPSA) is 64.8 Å². The zero-order valence-corrected chi connectivity index (χ0v) is 12.6. The average molecular weight is 301 g/mol. The van der Waals surface area contributed by atoms with Gasteiger partial charge in [-0.3, -0.25) is 0 Å². The molecule has 1 aromatic heterocycles. The fourth-order valence-electron chi connectivity index (χ4n) is 2.17. The molecule has 5 heteroatoms. The van der Waals surface area contributed by atoms with Crippen molar-refractivity contribution in [1.82, 2.24) is 9.97 Å². The molecule has 0 unspecified atom stereocenters. The molecule has 0 bridgehead atoms. The third-order valence-corrected chi connectivity index (χ3v) is 3.40. The summed E-state index contributed by atoms with van der Waals surface area (Å²) in [5.41, 5.74) is 2.30. The highest BCUT2D eigenvalue weighted by atomic mass is 15.2. The molecule has 3 rings (SSSR count). The van der Waals surface area contributed by atoms with Crippen LogP contribution in [0.25, 0.3) is 0 Å². The predicted molar refractivity (Wildman–Crippen MR) is 91.0 cm³/mol. The van der Waals surface area contributed by atoms with Gasteiger partial charge >= 0.3 is 0 Å². The molecule has 0 radical (unpaired) electrons. The zero-order valence-electron chi connectivity index (χ0n) is 12.6. The van der Waals surface area contributed by atoms with Crippen molar-refractivity contribution in [2.45, 2.75) is 0 Å². The van der Waals surface area contributed by atoms with Gasteiger partial charge < -0.3 is 10.2 Å². The molecular weight excluding hydrogens is 286 g/mol. The lowest BCUT2D eigenvalue weighted by Gasteiger charge is -2.17. The summed E-state index contributed by atoms with van der Waals surface area (Å²) in [6, 6.07) is 21.2. The molecule has 0 atom stereocenters. The van der Waals surface area contributed by atoms with Crippen LogP contribution in [0.1, 0.15) is 5.56 Å². The SMILES string of the molecule is CN(c1ccccc1)c1nccc(Nc2ccccc2C#N)n1. The molecule has 5 nitrogen and oxygen atoms in total. The van der Waals surface area contributed by atoms with E-state index in [1.165, 1.54) is 0 Å². The van der Waals surface area contributed by atoms with Crippen LogP contribution in [0.2, 0.25) is 0 Å². The standard InChI is InChI=1S/C18H15N5/c1-23(15-8-3-2-4-9-15)18-20-12-11-17(22-18)21-16-10-6-5-7-14(16)13-19/h2-12H,1H3,(H,20,21,22). The predicted octanol–water partition coefficient (Wildman–Crippen LogP) is 3.86. The summed E-state index contributed by atoms with van der Waals surface area (Å²) in [4.78, 5) is 10.7. The molecule has 0 aliphatic rings. The monoisotopic (exact) mass is 301 g/mol. The van der Waals surface area contributed by atoms with Gasteiger partial charge in [-0.2, -0.15) is 10.2 Å². The smallest absolute Gasteiger partial charge is 0.231 e. The van der Waals surface area contributed by atoms with Crippen molar-refractivity contribution >= 4 is 23.1 Å². The summed E-state index contributed by atoms with van der Waals surface area (Å²) in [5.74, 6) is 1.22. The Bertz CT molecular complexity index is 839. The van der Waals surface area contributed by atoms with Crippen molar-refractivity contribution in [3.05, 3.63) is 72.4 Å². The zero-order chi connectivity index (χ0) is 16.1. The molecule has 1 heterocycles. The summed E-state index contributed by atoms with van der Waals surface area (Å²) >= 11 is 0. The maximum atomic E-state index is 9.16. The number of para-hydroxylation sites is 2. The van der Waals surface area contributed by atoms with Crippen LogP contribution in [0, 0.1) is 11.3 Å². The first-order valence-corrected chi connectivity index (χ1v) is 7.16. The first-order valence-electron chi connectivity index (χ1n) is 7.16. The fourth-order valence-corrected chi connectivity index (χ4v) is 2.17. The highest BCUT2D eigenvalue weighted by Gasteiger charge is 2.08. The highest BCUT2D eigenvalue weighted by molar-refractivity contribution is 5.65. The third kappa shape index (κ3) is 3.27. The molecule has 0 aliphatic heterocycles. The summed E-state index contributed by atoms with van der Waals surface area (Å²) in [7, 11) is 1.91. The largest absolute Gasteiger partial charge is 0.339 e. The molecule has 0 aliphatic carbocycles. The Hall–Kier alpha value is -3.39. The van der Waals surface area contributed by atoms with E-state index >= 15 is 0 Å². The number of hydrogen-bond acceptors (Lipinski definition) is 5. The van der Waals surface area contributed by atoms with Crippen LogP contribution in [0.4, 0.5) is 23.1 Å². The fraction of sp³-hybridized carbons (Fsp3) is 0.0556. The van der Waals surface area contributed by atoms with Crippen molar-refractivity contribution in [3.8, 4) is 6.07 Å². The molecule has 0 saturated heterocycles. The highest BCUT2D eigenvalue weighted by Crippen LogP contribution is 2.23. The summed E-state index contributed by atoms with van der Waals surface area (Å²) in [6.07, 6.45) is 1.69. The molecule has 1 N–H and O–H groups in total. The molecule has 0 saturated carbocycles. The molecule has 0 amide bonds. The van der Waals surface area contributed by atoms with Crippen LogP contribution < -0.4 is 10.2 Å². The van der Waals surface area contributed by atoms with E-state index in [1.807, 2.05) is 60.5 Å². The second-order valence-corrected chi connectivity index (χ2v) is 4.92. The lowest BCUT2D eigenvalue weighted by atomic mass is 10.2. The Balaban J connectivity index is 1.87. The number of nitrogens with one attached hydrogen (secondary N) is 1. The molecule has 0 fully saturated rings. The minimum absolute atomic E-state index is 0.573. The normalized spacial score (nSPS) is 9.91. The Morgan fingerprint density at radius 1 is 1.00 bits per heavy atom. The van der Waals surface area contributed by atoms with E-state index in [2.05, 4.69) is 21.4 Å². The number of hydrogen-bond donors (Lipinski definition) is 1. The van der Waals surface area contributed by atoms with Gasteiger partial charge in [0.25, 0.3) is 0 Å². The van der Waals surface area contributed by atoms with Crippen LogP contribution >= 0.6 is 0 Å². The summed E-state index contributed by atoms with van der Waals surface area (Å²) in [5, 5.41) is 12.3. The van der Waals surface area contributed by atoms with Gasteiger partial charge in [-0.1, -0.05) is 30.3 Å². The number of nitriles is 1. The Kier molecular flexibility index (Phi) is 4.16. The van der Waals surface area contributed by atoms with Crippen molar-refractivity contribution in [2.24, 2.45) is 0 Å². The second kappa shape index (κ2) is 6.58. The lowest BCUT2D eigenvalue weighted by Crippen LogP contribution is -2.13. The van der Waals surface area contributed by atoms with Crippen molar-refractivity contribution < 1.29 is 0 Å². The van der Waals surface area contributed by atoms with Crippen molar-refractivity contribution in [3.63, 3.8) is 0 Å². The van der Waals surface area contributed by atoms with Gasteiger partial charge in [0, 0.05) is 18.9 Å². The molecule has 112 valence electrons. The maximum Gasteiger partial charge on any atom is 0.231 e. The number of anilines is 4. The third-order valence-electron chi connectivity index (χ3n) is 3.40. The Labute approximate surface area is 134 Å². The lowest BCUT2D eigenvalue weighted by molar-refractivity contribution is 1.04. The van der Waals surface area contributed by atoms with Crippen molar-refractivity contribution in [2.75, 3.05) is 17.3 Å². The van der Waals surface area contributed by atoms with E-state index in [4.69, 9.17) is 5.26 Å². The number of aromatic nitrogens is 2. The second-order valence-electron chi connectivity index (χ2n) is 4.92. The first kappa shape index (κ1) is 14.5. The first-order chi connectivity index (χ1) is 11.3. The maximum absolute atomic E-state index is 9.16. The van der Waals surface area contributed by atoms with Gasteiger partial charge in [0.05, 0.1) is 11.3 Å². The minimum atomic E-state index is 0.573. The number of benzene rings is 2. The van der Waals surface area contributed by atoms with Gasteiger partial charge in [-0.15, -0.1) is 0 Å². The van der Waals surface area contributed by atoms with Crippen LogP contribution in [0.5, 0.6) is 0 Å². The van der Waals surface area contributed by atoms with Crippen LogP contribution in [-0.4, -0.2) is 17.0 Å². The quantitative estimate of drug-likeness (QED) is 0.792. The number of rotatable bonds is 4. The van der Waals surface area contributed by atoms with E-state index in [9.17, 15) is 0 Å². The van der Waals surface area contributed by atoms with Crippen LogP contribution in [-0.2, 0) is 0 Å². The summed E-state index contributed by atoms with van der Waals surface area (Å²) < 4.78 is 0. The van der Waals surface area contributed by atoms with E-state index in [0.29, 0.717) is 17.3 Å². The van der Waals surface area contributed by atoms with E-state index in [0.717, 1.165) is 11.4 Å². The van der Waals surface area contributed by atoms with Gasteiger partial charge in [0.2, 0.25) is 5.95 Å². The Morgan fingerprint density at radius 2 is 1.74 bits per heavy atom. The van der Waals surface area contributed by atoms with E-state index in [1.54, 1.807) is 18.3 Å². The number of nitrogens with zero attached hydrogens (tertiary/aromatic N) is 4. The van der Waals surface area contributed by atoms with E-state index < -0.39 is 0 Å². The molecular formula is C18H15N5. The minimum Gasteiger partial charge on any atom is -0.339 e. The van der Waals surface area contributed by atoms with E-state index in [-0.39, 0.29) is 0 Å². The molecule has 23 heavy (non-hydrogen) atoms. The molecule has 3 aromatic rings. The van der Waals surface area contributed by atoms with Crippen LogP contribution in [0.15, 0.2) is 66.9 Å². The van der Waals surface area contributed by atoms with Crippen molar-refractivity contribution in [1.29, 1.82) is 5.26 Å². The van der Waals surface area contributed by atoms with Gasteiger partial charge in [0.1, 0.15) is 11.9 Å². The summed E-state index contributed by atoms with van der Waals surface area (Å²) in [6.45, 7) is 0. The van der Waals surface area contributed by atoms with Gasteiger partial charge in [0.15, 0.2) is 0 Å². The molecule has 2 aromatic carbocycles. The van der Waals surface area contributed by atoms with Gasteiger partial charge in [-0.25, -0.2) is 4.98 Å². The van der Waals surface area contributed by atoms with Crippen LogP contribution in [0.3, 0.4) is 0 Å². The Morgan fingerprint density at radius 3 is 2.52 bits per heavy atom. The average Bonchev–Trinajstić information content (AvgIpc) is 2.62. The molecule has 0 spiro atoms.